The first-order valence-corrected chi connectivity index (χ1v) is 16.2. The fourth-order valence-corrected chi connectivity index (χ4v) is 6.85. The number of benzene rings is 3. The summed E-state index contributed by atoms with van der Waals surface area (Å²) < 4.78 is 66.0. The third-order valence-electron chi connectivity index (χ3n) is 7.07. The van der Waals surface area contributed by atoms with Gasteiger partial charge in [0.2, 0.25) is 0 Å². The van der Waals surface area contributed by atoms with Gasteiger partial charge in [0.15, 0.2) is 5.82 Å². The van der Waals surface area contributed by atoms with Crippen LogP contribution in [-0.2, 0) is 27.9 Å². The van der Waals surface area contributed by atoms with E-state index in [9.17, 15) is 21.6 Å². The van der Waals surface area contributed by atoms with Crippen molar-refractivity contribution in [2.24, 2.45) is 0 Å². The second-order valence-corrected chi connectivity index (χ2v) is 12.9. The van der Waals surface area contributed by atoms with E-state index in [0.29, 0.717) is 11.9 Å². The van der Waals surface area contributed by atoms with E-state index in [1.165, 1.54) is 21.2 Å². The summed E-state index contributed by atoms with van der Waals surface area (Å²) in [6.07, 6.45) is -4.04. The Labute approximate surface area is 264 Å². The summed E-state index contributed by atoms with van der Waals surface area (Å²) in [5, 5.41) is 12.5. The highest BCUT2D eigenvalue weighted by molar-refractivity contribution is 7.92. The van der Waals surface area contributed by atoms with Crippen LogP contribution in [0.3, 0.4) is 0 Å². The van der Waals surface area contributed by atoms with E-state index in [2.05, 4.69) is 39.5 Å². The Bertz CT molecular complexity index is 1650. The number of sulfonamides is 1. The van der Waals surface area contributed by atoms with Crippen molar-refractivity contribution in [3.63, 3.8) is 0 Å². The van der Waals surface area contributed by atoms with Crippen LogP contribution in [0.1, 0.15) is 23.1 Å². The number of methoxy groups -OCH3 is 1. The number of aromatic nitrogens is 1. The molecule has 1 aromatic heterocycles. The van der Waals surface area contributed by atoms with Gasteiger partial charge in [-0.1, -0.05) is 42.5 Å². The van der Waals surface area contributed by atoms with Crippen LogP contribution < -0.4 is 14.4 Å². The summed E-state index contributed by atoms with van der Waals surface area (Å²) in [6.45, 7) is 5.05. The molecule has 14 heteroatoms. The van der Waals surface area contributed by atoms with Crippen molar-refractivity contribution in [3.8, 4) is 5.75 Å². The first-order valence-electron chi connectivity index (χ1n) is 13.8. The molecule has 9 nitrogen and oxygen atoms in total. The maximum atomic E-state index is 13.8. The van der Waals surface area contributed by atoms with Crippen LogP contribution >= 0.6 is 11.3 Å². The fraction of sp³-hybridized carbons (Fsp3) is 0.290. The number of alkyl halides is 3. The number of nitrogens with one attached hydrogen (secondary N) is 1. The summed E-state index contributed by atoms with van der Waals surface area (Å²) in [6, 6.07) is 23.6. The Hall–Kier alpha value is -4.14. The number of thiazole rings is 1. The maximum absolute atomic E-state index is 13.8. The number of halogens is 3. The zero-order valence-electron chi connectivity index (χ0n) is 24.6. The maximum Gasteiger partial charge on any atom is 0.490 e. The van der Waals surface area contributed by atoms with Gasteiger partial charge in [-0.25, -0.2) is 22.5 Å². The molecule has 2 N–H and O–H groups in total. The van der Waals surface area contributed by atoms with Gasteiger partial charge in [-0.05, 0) is 60.4 Å². The van der Waals surface area contributed by atoms with Crippen molar-refractivity contribution in [2.45, 2.75) is 43.5 Å². The average molecular weight is 663 g/mol. The highest BCUT2D eigenvalue weighted by Crippen LogP contribution is 2.29. The second kappa shape index (κ2) is 14.8. The number of anilines is 2. The minimum atomic E-state index is -5.08. The predicted molar refractivity (Wildman–Crippen MR) is 167 cm³/mol. The Balaban J connectivity index is 0.000000591. The molecule has 0 aliphatic carbocycles. The molecule has 5 rings (SSSR count). The van der Waals surface area contributed by atoms with Gasteiger partial charge in [0, 0.05) is 36.7 Å². The van der Waals surface area contributed by atoms with Gasteiger partial charge < -0.3 is 15.2 Å². The number of aryl methyl sites for hydroxylation is 1. The molecule has 45 heavy (non-hydrogen) atoms. The predicted octanol–water partition coefficient (Wildman–Crippen LogP) is 6.18. The quantitative estimate of drug-likeness (QED) is 0.207. The lowest BCUT2D eigenvalue weighted by Crippen LogP contribution is -2.31. The molecule has 1 fully saturated rings. The largest absolute Gasteiger partial charge is 0.497 e. The SMILES string of the molecule is COc1ccc(CN(c2cscn2)S(=O)(=O)c2ccc(NC3CCN(Cc4ccccc4)C3)c(C)c2)cc1.O=C(O)C(F)(F)F. The van der Waals surface area contributed by atoms with Gasteiger partial charge in [-0.3, -0.25) is 4.90 Å². The molecular weight excluding hydrogens is 629 g/mol. The number of carboxylic acids is 1. The molecular formula is C31H33F3N4O5S2. The molecule has 2 heterocycles. The fourth-order valence-electron chi connectivity index (χ4n) is 4.76. The first kappa shape index (κ1) is 33.7. The molecule has 0 spiro atoms. The van der Waals surface area contributed by atoms with Crippen LogP contribution in [-0.4, -0.2) is 61.8 Å². The average Bonchev–Trinajstić information content (AvgIpc) is 3.70. The van der Waals surface area contributed by atoms with E-state index >= 15 is 0 Å². The monoisotopic (exact) mass is 662 g/mol. The highest BCUT2D eigenvalue weighted by atomic mass is 32.2. The number of hydrogen-bond donors (Lipinski definition) is 2. The minimum absolute atomic E-state index is 0.175. The molecule has 1 aliphatic heterocycles. The van der Waals surface area contributed by atoms with E-state index in [-0.39, 0.29) is 11.4 Å². The van der Waals surface area contributed by atoms with E-state index in [1.54, 1.807) is 30.1 Å². The van der Waals surface area contributed by atoms with Crippen molar-refractivity contribution in [1.82, 2.24) is 9.88 Å². The van der Waals surface area contributed by atoms with Gasteiger partial charge in [0.25, 0.3) is 10.0 Å². The Morgan fingerprint density at radius 2 is 1.80 bits per heavy atom. The number of ether oxygens (including phenoxy) is 1. The Kier molecular flexibility index (Phi) is 11.1. The Morgan fingerprint density at radius 1 is 1.11 bits per heavy atom. The number of rotatable bonds is 10. The van der Waals surface area contributed by atoms with Crippen molar-refractivity contribution in [2.75, 3.05) is 29.8 Å². The van der Waals surface area contributed by atoms with Crippen LogP contribution in [0.5, 0.6) is 5.75 Å². The van der Waals surface area contributed by atoms with Gasteiger partial charge in [0.05, 0.1) is 24.1 Å². The van der Waals surface area contributed by atoms with E-state index in [1.807, 2.05) is 43.3 Å². The summed E-state index contributed by atoms with van der Waals surface area (Å²) in [5.74, 6) is -1.62. The topological polar surface area (TPSA) is 112 Å². The molecule has 1 unspecified atom stereocenters. The lowest BCUT2D eigenvalue weighted by molar-refractivity contribution is -0.192. The van der Waals surface area contributed by atoms with Gasteiger partial charge in [-0.15, -0.1) is 11.3 Å². The standard InChI is InChI=1S/C29H32N4O3S2.C2HF3O2/c1-22-16-27(12-13-28(22)31-25-14-15-32(19-25)17-23-6-4-3-5-7-23)38(34,35)33(29-20-37-21-30-29)18-24-8-10-26(36-2)11-9-24;3-2(4,5)1(6)7/h3-13,16,20-21,25,31H,14-15,17-19H2,1-2H3;(H,6,7). The van der Waals surface area contributed by atoms with Crippen molar-refractivity contribution in [3.05, 3.63) is 100 Å². The molecule has 0 radical (unpaired) electrons. The lowest BCUT2D eigenvalue weighted by Gasteiger charge is -2.23. The summed E-state index contributed by atoms with van der Waals surface area (Å²) >= 11 is 1.37. The number of hydrogen-bond acceptors (Lipinski definition) is 8. The van der Waals surface area contributed by atoms with E-state index < -0.39 is 22.2 Å². The third-order valence-corrected chi connectivity index (χ3v) is 9.39. The van der Waals surface area contributed by atoms with Crippen LogP contribution in [0.4, 0.5) is 24.7 Å². The zero-order chi connectivity index (χ0) is 32.6. The highest BCUT2D eigenvalue weighted by Gasteiger charge is 2.38. The van der Waals surface area contributed by atoms with Crippen molar-refractivity contribution >= 4 is 38.8 Å². The summed E-state index contributed by atoms with van der Waals surface area (Å²) in [7, 11) is -2.23. The minimum Gasteiger partial charge on any atom is -0.497 e. The summed E-state index contributed by atoms with van der Waals surface area (Å²) in [4.78, 5) is 15.9. The van der Waals surface area contributed by atoms with Gasteiger partial charge in [-0.2, -0.15) is 13.2 Å². The molecule has 240 valence electrons. The molecule has 4 aromatic rings. The summed E-state index contributed by atoms with van der Waals surface area (Å²) in [5.41, 5.74) is 5.67. The van der Waals surface area contributed by atoms with Crippen molar-refractivity contribution < 1.29 is 36.2 Å². The molecule has 1 atom stereocenters. The van der Waals surface area contributed by atoms with E-state index in [0.717, 1.165) is 48.6 Å². The number of carbonyl (C=O) groups is 1. The van der Waals surface area contributed by atoms with Gasteiger partial charge in [0.1, 0.15) is 5.75 Å². The molecule has 0 amide bonds. The smallest absolute Gasteiger partial charge is 0.490 e. The zero-order valence-corrected chi connectivity index (χ0v) is 26.2. The van der Waals surface area contributed by atoms with E-state index in [4.69, 9.17) is 14.6 Å². The van der Waals surface area contributed by atoms with Crippen molar-refractivity contribution in [1.29, 1.82) is 0 Å². The first-order chi connectivity index (χ1) is 21.4. The Morgan fingerprint density at radius 3 is 2.38 bits per heavy atom. The normalized spacial score (nSPS) is 15.2. The number of likely N-dealkylation sites (tertiary alicyclic amines) is 1. The molecule has 3 aromatic carbocycles. The second-order valence-electron chi connectivity index (χ2n) is 10.3. The molecule has 0 bridgehead atoms. The molecule has 1 saturated heterocycles. The van der Waals surface area contributed by atoms with Crippen LogP contribution in [0.25, 0.3) is 0 Å². The van der Waals surface area contributed by atoms with Crippen LogP contribution in [0.2, 0.25) is 0 Å². The number of aliphatic carboxylic acids is 1. The van der Waals surface area contributed by atoms with Crippen LogP contribution in [0.15, 0.2) is 88.6 Å². The molecule has 1 aliphatic rings. The lowest BCUT2D eigenvalue weighted by atomic mass is 10.1. The number of carboxylic acid groups (broad SMARTS) is 1. The third kappa shape index (κ3) is 9.19. The van der Waals surface area contributed by atoms with Gasteiger partial charge >= 0.3 is 12.1 Å². The molecule has 0 saturated carbocycles. The van der Waals surface area contributed by atoms with Crippen LogP contribution in [0, 0.1) is 6.92 Å². The number of nitrogens with zero attached hydrogens (tertiary/aromatic N) is 3.